The highest BCUT2D eigenvalue weighted by atomic mass is 35.5. The summed E-state index contributed by atoms with van der Waals surface area (Å²) in [6.45, 7) is 4.05. The molecule has 2 heterocycles. The number of piperazine rings is 1. The van der Waals surface area contributed by atoms with Gasteiger partial charge < -0.3 is 14.7 Å². The van der Waals surface area contributed by atoms with Gasteiger partial charge in [-0.25, -0.2) is 0 Å². The van der Waals surface area contributed by atoms with E-state index in [2.05, 4.69) is 29.2 Å². The Balaban J connectivity index is 1.26. The molecular formula is C31H34ClN3O2. The maximum Gasteiger partial charge on any atom is 0.233 e. The summed E-state index contributed by atoms with van der Waals surface area (Å²) >= 11 is 6.42. The number of halogens is 1. The molecule has 192 valence electrons. The first-order valence-electron chi connectivity index (χ1n) is 13.2. The Morgan fingerprint density at radius 2 is 1.30 bits per heavy atom. The van der Waals surface area contributed by atoms with Crippen LogP contribution in [0.1, 0.15) is 30.4 Å². The number of carbonyl (C=O) groups is 2. The van der Waals surface area contributed by atoms with Crippen molar-refractivity contribution in [3.63, 3.8) is 0 Å². The number of hydrogen-bond donors (Lipinski definition) is 0. The fraction of sp³-hybridized carbons (Fsp3) is 0.355. The Morgan fingerprint density at radius 1 is 0.703 bits per heavy atom. The minimum absolute atomic E-state index is 0.173. The maximum atomic E-state index is 14.2. The number of nitrogens with zero attached hydrogens (tertiary/aromatic N) is 3. The molecule has 6 heteroatoms. The number of carbonyl (C=O) groups excluding carboxylic acids is 2. The summed E-state index contributed by atoms with van der Waals surface area (Å²) in [5.41, 5.74) is 2.67. The number of aryl methyl sites for hydroxylation is 1. The van der Waals surface area contributed by atoms with E-state index >= 15 is 0 Å². The van der Waals surface area contributed by atoms with Crippen LogP contribution in [0, 0.1) is 0 Å². The highest BCUT2D eigenvalue weighted by Gasteiger charge is 2.46. The van der Waals surface area contributed by atoms with Crippen LogP contribution in [-0.4, -0.2) is 60.9 Å². The fourth-order valence-corrected chi connectivity index (χ4v) is 5.99. The van der Waals surface area contributed by atoms with Crippen LogP contribution in [-0.2, 0) is 21.4 Å². The summed E-state index contributed by atoms with van der Waals surface area (Å²) in [6.07, 6.45) is 2.55. The number of rotatable bonds is 6. The van der Waals surface area contributed by atoms with Crippen LogP contribution in [0.15, 0.2) is 84.9 Å². The van der Waals surface area contributed by atoms with Crippen molar-refractivity contribution in [2.24, 2.45) is 0 Å². The molecule has 0 aromatic heterocycles. The smallest absolute Gasteiger partial charge is 0.233 e. The first-order chi connectivity index (χ1) is 18.1. The summed E-state index contributed by atoms with van der Waals surface area (Å²) in [7, 11) is 0. The molecule has 3 aromatic rings. The molecule has 37 heavy (non-hydrogen) atoms. The highest BCUT2D eigenvalue weighted by Crippen LogP contribution is 2.38. The quantitative estimate of drug-likeness (QED) is 0.454. The number of amides is 2. The van der Waals surface area contributed by atoms with Crippen molar-refractivity contribution in [3.8, 4) is 0 Å². The topological polar surface area (TPSA) is 43.9 Å². The lowest BCUT2D eigenvalue weighted by atomic mass is 9.71. The van der Waals surface area contributed by atoms with Crippen LogP contribution in [0.2, 0.25) is 5.02 Å². The lowest BCUT2D eigenvalue weighted by molar-refractivity contribution is -0.143. The largest absolute Gasteiger partial charge is 0.367 e. The molecule has 0 aliphatic carbocycles. The molecule has 2 amide bonds. The van der Waals surface area contributed by atoms with Crippen LogP contribution in [0.4, 0.5) is 5.69 Å². The molecule has 0 atom stereocenters. The Morgan fingerprint density at radius 3 is 1.95 bits per heavy atom. The van der Waals surface area contributed by atoms with Gasteiger partial charge in [0.2, 0.25) is 11.8 Å². The van der Waals surface area contributed by atoms with Gasteiger partial charge in [-0.15, -0.1) is 0 Å². The van der Waals surface area contributed by atoms with Gasteiger partial charge in [0.15, 0.2) is 0 Å². The van der Waals surface area contributed by atoms with Gasteiger partial charge in [0.1, 0.15) is 0 Å². The minimum atomic E-state index is -0.593. The van der Waals surface area contributed by atoms with Crippen molar-refractivity contribution in [1.29, 1.82) is 0 Å². The van der Waals surface area contributed by atoms with E-state index < -0.39 is 5.41 Å². The summed E-state index contributed by atoms with van der Waals surface area (Å²) in [4.78, 5) is 33.4. The van der Waals surface area contributed by atoms with Gasteiger partial charge in [0.25, 0.3) is 0 Å². The van der Waals surface area contributed by atoms with Crippen molar-refractivity contribution in [3.05, 3.63) is 101 Å². The Kier molecular flexibility index (Phi) is 7.80. The molecule has 2 fully saturated rings. The first kappa shape index (κ1) is 25.3. The number of para-hydroxylation sites is 1. The van der Waals surface area contributed by atoms with Gasteiger partial charge in [-0.2, -0.15) is 0 Å². The average molecular weight is 516 g/mol. The van der Waals surface area contributed by atoms with Crippen LogP contribution < -0.4 is 4.90 Å². The van der Waals surface area contributed by atoms with Gasteiger partial charge in [-0.1, -0.05) is 84.4 Å². The third-order valence-electron chi connectivity index (χ3n) is 7.94. The second kappa shape index (κ2) is 11.4. The number of benzene rings is 3. The van der Waals surface area contributed by atoms with Crippen molar-refractivity contribution >= 4 is 29.1 Å². The zero-order valence-corrected chi connectivity index (χ0v) is 21.9. The normalized spacial score (nSPS) is 17.5. The minimum Gasteiger partial charge on any atom is -0.367 e. The van der Waals surface area contributed by atoms with Gasteiger partial charge >= 0.3 is 0 Å². The van der Waals surface area contributed by atoms with Gasteiger partial charge in [-0.3, -0.25) is 9.59 Å². The molecule has 3 aromatic carbocycles. The molecule has 2 saturated heterocycles. The van der Waals surface area contributed by atoms with Crippen LogP contribution in [0.25, 0.3) is 0 Å². The van der Waals surface area contributed by atoms with Crippen molar-refractivity contribution < 1.29 is 9.59 Å². The summed E-state index contributed by atoms with van der Waals surface area (Å²) < 4.78 is 0. The zero-order valence-electron chi connectivity index (χ0n) is 21.2. The predicted molar refractivity (Wildman–Crippen MR) is 149 cm³/mol. The molecule has 2 aliphatic rings. The Labute approximate surface area is 224 Å². The molecule has 0 spiro atoms. The number of anilines is 1. The monoisotopic (exact) mass is 515 g/mol. The van der Waals surface area contributed by atoms with Gasteiger partial charge in [0.05, 0.1) is 16.1 Å². The number of likely N-dealkylation sites (tertiary alicyclic amines) is 1. The zero-order chi connectivity index (χ0) is 25.7. The predicted octanol–water partition coefficient (Wildman–Crippen LogP) is 5.18. The molecule has 5 rings (SSSR count). The van der Waals surface area contributed by atoms with Gasteiger partial charge in [-0.05, 0) is 42.5 Å². The third-order valence-corrected chi connectivity index (χ3v) is 8.26. The van der Waals surface area contributed by atoms with E-state index in [1.165, 1.54) is 5.56 Å². The molecular weight excluding hydrogens is 482 g/mol. The van der Waals surface area contributed by atoms with Crippen molar-refractivity contribution in [2.75, 3.05) is 44.2 Å². The van der Waals surface area contributed by atoms with Crippen LogP contribution in [0.5, 0.6) is 0 Å². The highest BCUT2D eigenvalue weighted by molar-refractivity contribution is 6.33. The third kappa shape index (κ3) is 5.52. The van der Waals surface area contributed by atoms with Gasteiger partial charge in [0, 0.05) is 45.7 Å². The maximum absolute atomic E-state index is 14.2. The van der Waals surface area contributed by atoms with Crippen LogP contribution >= 0.6 is 11.6 Å². The summed E-state index contributed by atoms with van der Waals surface area (Å²) in [6, 6.07) is 28.2. The standard InChI is InChI=1S/C31H34ClN3O2/c32-27-13-7-8-14-28(27)33-21-23-35(24-22-33)30(37)31(26-11-5-2-6-12-26)17-19-34(20-18-31)29(36)16-15-25-9-3-1-4-10-25/h1-14H,15-24H2. The van der Waals surface area contributed by atoms with E-state index in [0.717, 1.165) is 35.8 Å². The lowest BCUT2D eigenvalue weighted by Crippen LogP contribution is -2.58. The van der Waals surface area contributed by atoms with Crippen LogP contribution in [0.3, 0.4) is 0 Å². The fourth-order valence-electron chi connectivity index (χ4n) is 5.74. The average Bonchev–Trinajstić information content (AvgIpc) is 2.97. The molecule has 0 bridgehead atoms. The van der Waals surface area contributed by atoms with E-state index in [1.807, 2.05) is 70.5 Å². The first-order valence-corrected chi connectivity index (χ1v) is 13.6. The number of hydrogen-bond acceptors (Lipinski definition) is 3. The Hall–Kier alpha value is -3.31. The molecule has 0 N–H and O–H groups in total. The van der Waals surface area contributed by atoms with Crippen molar-refractivity contribution in [1.82, 2.24) is 9.80 Å². The van der Waals surface area contributed by atoms with E-state index in [4.69, 9.17) is 11.6 Å². The second-order valence-electron chi connectivity index (χ2n) is 10.0. The molecule has 0 radical (unpaired) electrons. The van der Waals surface area contributed by atoms with E-state index in [9.17, 15) is 9.59 Å². The number of piperidine rings is 1. The Bertz CT molecular complexity index is 1200. The molecule has 0 saturated carbocycles. The van der Waals surface area contributed by atoms with E-state index in [-0.39, 0.29) is 11.8 Å². The summed E-state index contributed by atoms with van der Waals surface area (Å²) in [5, 5.41) is 0.743. The lowest BCUT2D eigenvalue weighted by Gasteiger charge is -2.45. The van der Waals surface area contributed by atoms with E-state index in [0.29, 0.717) is 45.4 Å². The summed E-state index contributed by atoms with van der Waals surface area (Å²) in [5.74, 6) is 0.361. The molecule has 5 nitrogen and oxygen atoms in total. The SMILES string of the molecule is O=C(CCc1ccccc1)N1CCC(C(=O)N2CCN(c3ccccc3Cl)CC2)(c2ccccc2)CC1. The van der Waals surface area contributed by atoms with E-state index in [1.54, 1.807) is 0 Å². The molecule has 0 unspecified atom stereocenters. The second-order valence-corrected chi connectivity index (χ2v) is 10.5. The molecule has 2 aliphatic heterocycles. The van der Waals surface area contributed by atoms with Crippen molar-refractivity contribution in [2.45, 2.75) is 31.1 Å².